The second-order valence-electron chi connectivity index (χ2n) is 3.90. The molecule has 0 fully saturated rings. The third-order valence-electron chi connectivity index (χ3n) is 2.70. The van der Waals surface area contributed by atoms with Gasteiger partial charge in [0.15, 0.2) is 5.88 Å². The van der Waals surface area contributed by atoms with Crippen LogP contribution in [-0.2, 0) is 0 Å². The van der Waals surface area contributed by atoms with E-state index in [1.807, 2.05) is 0 Å². The smallest absolute Gasteiger partial charge is 0.251 e. The molecule has 0 spiro atoms. The van der Waals surface area contributed by atoms with Gasteiger partial charge in [-0.1, -0.05) is 13.8 Å². The fourth-order valence-corrected chi connectivity index (χ4v) is 1.63. The fourth-order valence-electron chi connectivity index (χ4n) is 1.63. The Morgan fingerprint density at radius 1 is 1.39 bits per heavy atom. The number of H-pyrrole nitrogens is 1. The van der Waals surface area contributed by atoms with Gasteiger partial charge >= 0.3 is 0 Å². The summed E-state index contributed by atoms with van der Waals surface area (Å²) in [7, 11) is 0. The van der Waals surface area contributed by atoms with E-state index < -0.39 is 5.56 Å². The van der Waals surface area contributed by atoms with Gasteiger partial charge in [-0.15, -0.1) is 0 Å². The van der Waals surface area contributed by atoms with Crippen LogP contribution in [0.2, 0.25) is 0 Å². The summed E-state index contributed by atoms with van der Waals surface area (Å²) in [6.07, 6.45) is 0. The van der Waals surface area contributed by atoms with Gasteiger partial charge in [-0.3, -0.25) is 14.6 Å². The van der Waals surface area contributed by atoms with Crippen molar-refractivity contribution < 1.29 is 9.90 Å². The highest BCUT2D eigenvalue weighted by molar-refractivity contribution is 5.94. The van der Waals surface area contributed by atoms with Crippen molar-refractivity contribution in [2.24, 2.45) is 0 Å². The summed E-state index contributed by atoms with van der Waals surface area (Å²) in [4.78, 5) is 27.1. The molecule has 18 heavy (non-hydrogen) atoms. The third kappa shape index (κ3) is 4.21. The van der Waals surface area contributed by atoms with Crippen molar-refractivity contribution in [2.45, 2.75) is 13.8 Å². The number of aromatic nitrogens is 1. The zero-order chi connectivity index (χ0) is 13.5. The zero-order valence-corrected chi connectivity index (χ0v) is 10.7. The summed E-state index contributed by atoms with van der Waals surface area (Å²) >= 11 is 0. The number of pyridine rings is 1. The van der Waals surface area contributed by atoms with Crippen LogP contribution in [-0.4, -0.2) is 47.1 Å². The number of aromatic hydroxyl groups is 1. The van der Waals surface area contributed by atoms with Crippen LogP contribution in [0.25, 0.3) is 0 Å². The predicted molar refractivity (Wildman–Crippen MR) is 68.8 cm³/mol. The minimum atomic E-state index is -0.496. The number of hydrogen-bond acceptors (Lipinski definition) is 4. The van der Waals surface area contributed by atoms with E-state index in [0.717, 1.165) is 25.7 Å². The standard InChI is InChI=1S/C12H19N3O3/c1-3-15(4-2)6-5-13-12(18)9-7-10(16)14-11(17)8-9/h7-8H,3-6H2,1-2H3,(H,13,18)(H2,14,16,17). The van der Waals surface area contributed by atoms with Crippen LogP contribution in [0.15, 0.2) is 16.9 Å². The Morgan fingerprint density at radius 3 is 2.61 bits per heavy atom. The average Bonchev–Trinajstić information content (AvgIpc) is 2.33. The SMILES string of the molecule is CCN(CC)CCNC(=O)c1cc(O)[nH]c(=O)c1. The minimum Gasteiger partial charge on any atom is -0.494 e. The van der Waals surface area contributed by atoms with Crippen molar-refractivity contribution in [3.8, 4) is 5.88 Å². The summed E-state index contributed by atoms with van der Waals surface area (Å²) in [5.74, 6) is -0.667. The van der Waals surface area contributed by atoms with Gasteiger partial charge in [-0.2, -0.15) is 0 Å². The van der Waals surface area contributed by atoms with Crippen LogP contribution in [0.1, 0.15) is 24.2 Å². The van der Waals surface area contributed by atoms with Crippen LogP contribution in [0, 0.1) is 0 Å². The van der Waals surface area contributed by atoms with Gasteiger partial charge in [0, 0.05) is 25.2 Å². The van der Waals surface area contributed by atoms with Crippen LogP contribution in [0.5, 0.6) is 5.88 Å². The number of aromatic amines is 1. The Morgan fingerprint density at radius 2 is 2.06 bits per heavy atom. The molecule has 0 aliphatic rings. The van der Waals surface area contributed by atoms with Crippen LogP contribution in [0.3, 0.4) is 0 Å². The Labute approximate surface area is 106 Å². The van der Waals surface area contributed by atoms with Gasteiger partial charge < -0.3 is 15.3 Å². The lowest BCUT2D eigenvalue weighted by Gasteiger charge is -2.17. The fraction of sp³-hybridized carbons (Fsp3) is 0.500. The van der Waals surface area contributed by atoms with Gasteiger partial charge in [-0.25, -0.2) is 0 Å². The molecule has 100 valence electrons. The quantitative estimate of drug-likeness (QED) is 0.674. The number of nitrogens with one attached hydrogen (secondary N) is 2. The monoisotopic (exact) mass is 253 g/mol. The first-order valence-electron chi connectivity index (χ1n) is 6.00. The first-order valence-corrected chi connectivity index (χ1v) is 6.00. The maximum absolute atomic E-state index is 11.7. The summed E-state index contributed by atoms with van der Waals surface area (Å²) < 4.78 is 0. The van der Waals surface area contributed by atoms with Crippen LogP contribution < -0.4 is 10.9 Å². The molecule has 6 heteroatoms. The first-order chi connectivity index (χ1) is 8.56. The Hall–Kier alpha value is -1.82. The molecule has 0 unspecified atom stereocenters. The largest absolute Gasteiger partial charge is 0.494 e. The predicted octanol–water partition coefficient (Wildman–Crippen LogP) is 0.152. The van der Waals surface area contributed by atoms with E-state index in [0.29, 0.717) is 6.54 Å². The second-order valence-corrected chi connectivity index (χ2v) is 3.90. The van der Waals surface area contributed by atoms with Crippen molar-refractivity contribution in [3.05, 3.63) is 28.0 Å². The molecule has 0 aromatic carbocycles. The lowest BCUT2D eigenvalue weighted by Crippen LogP contribution is -2.35. The molecule has 0 aliphatic carbocycles. The van der Waals surface area contributed by atoms with Crippen molar-refractivity contribution in [1.29, 1.82) is 0 Å². The molecule has 0 aliphatic heterocycles. The molecule has 1 aromatic rings. The van der Waals surface area contributed by atoms with Gasteiger partial charge in [-0.05, 0) is 13.1 Å². The van der Waals surface area contributed by atoms with E-state index in [1.165, 1.54) is 6.07 Å². The van der Waals surface area contributed by atoms with E-state index in [2.05, 4.69) is 29.0 Å². The highest BCUT2D eigenvalue weighted by Gasteiger charge is 2.08. The molecule has 6 nitrogen and oxygen atoms in total. The molecule has 0 saturated heterocycles. The van der Waals surface area contributed by atoms with E-state index in [1.54, 1.807) is 0 Å². The lowest BCUT2D eigenvalue weighted by molar-refractivity contribution is 0.0948. The first kappa shape index (κ1) is 14.2. The van der Waals surface area contributed by atoms with Gasteiger partial charge in [0.25, 0.3) is 11.5 Å². The number of nitrogens with zero attached hydrogens (tertiary/aromatic N) is 1. The number of carbonyl (C=O) groups excluding carboxylic acids is 1. The average molecular weight is 253 g/mol. The Bertz CT molecular complexity index is 452. The maximum atomic E-state index is 11.7. The molecule has 3 N–H and O–H groups in total. The Kier molecular flexibility index (Phi) is 5.38. The summed E-state index contributed by atoms with van der Waals surface area (Å²) in [6.45, 7) is 7.23. The van der Waals surface area contributed by atoms with Crippen LogP contribution >= 0.6 is 0 Å². The third-order valence-corrected chi connectivity index (χ3v) is 2.70. The molecule has 0 atom stereocenters. The van der Waals surface area contributed by atoms with Crippen molar-refractivity contribution in [1.82, 2.24) is 15.2 Å². The van der Waals surface area contributed by atoms with E-state index in [-0.39, 0.29) is 17.4 Å². The van der Waals surface area contributed by atoms with Crippen molar-refractivity contribution in [3.63, 3.8) is 0 Å². The summed E-state index contributed by atoms with van der Waals surface area (Å²) in [5, 5.41) is 11.9. The van der Waals surface area contributed by atoms with Crippen LogP contribution in [0.4, 0.5) is 0 Å². The highest BCUT2D eigenvalue weighted by atomic mass is 16.3. The molecular formula is C12H19N3O3. The summed E-state index contributed by atoms with van der Waals surface area (Å²) in [5.41, 5.74) is -0.334. The molecule has 1 heterocycles. The second kappa shape index (κ2) is 6.80. The number of hydrogen-bond donors (Lipinski definition) is 3. The highest BCUT2D eigenvalue weighted by Crippen LogP contribution is 2.03. The Balaban J connectivity index is 2.53. The molecule has 0 radical (unpaired) electrons. The number of amides is 1. The lowest BCUT2D eigenvalue weighted by atomic mass is 10.2. The van der Waals surface area contributed by atoms with E-state index in [9.17, 15) is 14.7 Å². The molecule has 1 amide bonds. The molecule has 0 bridgehead atoms. The minimum absolute atomic E-state index is 0.163. The molecule has 1 aromatic heterocycles. The number of likely N-dealkylation sites (N-methyl/N-ethyl adjacent to an activating group) is 1. The number of carbonyl (C=O) groups is 1. The van der Waals surface area contributed by atoms with Crippen molar-refractivity contribution in [2.75, 3.05) is 26.2 Å². The van der Waals surface area contributed by atoms with Gasteiger partial charge in [0.1, 0.15) is 0 Å². The molecule has 1 rings (SSSR count). The molecule has 0 saturated carbocycles. The summed E-state index contributed by atoms with van der Waals surface area (Å²) in [6, 6.07) is 2.39. The van der Waals surface area contributed by atoms with E-state index in [4.69, 9.17) is 0 Å². The van der Waals surface area contributed by atoms with Gasteiger partial charge in [0.2, 0.25) is 0 Å². The maximum Gasteiger partial charge on any atom is 0.251 e. The topological polar surface area (TPSA) is 85.4 Å². The van der Waals surface area contributed by atoms with E-state index >= 15 is 0 Å². The zero-order valence-electron chi connectivity index (χ0n) is 10.7. The van der Waals surface area contributed by atoms with Gasteiger partial charge in [0.05, 0.1) is 5.56 Å². The molecular weight excluding hydrogens is 234 g/mol. The van der Waals surface area contributed by atoms with Crippen molar-refractivity contribution >= 4 is 5.91 Å². The number of rotatable bonds is 6. The normalized spacial score (nSPS) is 10.6.